The quantitative estimate of drug-likeness (QED) is 0.578. The second-order valence-corrected chi connectivity index (χ2v) is 3.50. The largest absolute Gasteiger partial charge is 0.481 e. The van der Waals surface area contributed by atoms with Crippen LogP contribution in [0.25, 0.3) is 0 Å². The maximum absolute atomic E-state index is 10.6. The van der Waals surface area contributed by atoms with Gasteiger partial charge in [-0.3, -0.25) is 4.79 Å². The van der Waals surface area contributed by atoms with E-state index in [0.29, 0.717) is 12.0 Å². The van der Waals surface area contributed by atoms with Gasteiger partial charge in [0, 0.05) is 6.04 Å². The van der Waals surface area contributed by atoms with E-state index in [0.717, 1.165) is 13.0 Å². The number of fused-ring (bicyclic) bond motifs is 1. The van der Waals surface area contributed by atoms with Crippen molar-refractivity contribution in [3.63, 3.8) is 0 Å². The van der Waals surface area contributed by atoms with E-state index < -0.39 is 5.97 Å². The molecule has 11 heavy (non-hydrogen) atoms. The number of nitrogens with one attached hydrogen (secondary N) is 1. The molecule has 3 nitrogen and oxygen atoms in total. The number of hydrogen-bond donors (Lipinski definition) is 2. The number of rotatable bonds is 1. The van der Waals surface area contributed by atoms with Crippen LogP contribution >= 0.6 is 0 Å². The fourth-order valence-corrected chi connectivity index (χ4v) is 2.12. The molecule has 1 saturated carbocycles. The van der Waals surface area contributed by atoms with Crippen LogP contribution < -0.4 is 5.32 Å². The van der Waals surface area contributed by atoms with Gasteiger partial charge in [0.15, 0.2) is 0 Å². The summed E-state index contributed by atoms with van der Waals surface area (Å²) in [4.78, 5) is 10.6. The van der Waals surface area contributed by atoms with Gasteiger partial charge in [-0.05, 0) is 25.3 Å². The highest BCUT2D eigenvalue weighted by molar-refractivity contribution is 5.75. The SMILES string of the molecule is O=C(O)C1C2CCCCNC21. The lowest BCUT2D eigenvalue weighted by atomic mass is 10.1. The van der Waals surface area contributed by atoms with Gasteiger partial charge >= 0.3 is 5.97 Å². The van der Waals surface area contributed by atoms with Gasteiger partial charge in [0.1, 0.15) is 0 Å². The summed E-state index contributed by atoms with van der Waals surface area (Å²) < 4.78 is 0. The standard InChI is InChI=1S/C8H13NO2/c10-8(11)6-5-3-1-2-4-9-7(5)6/h5-7,9H,1-4H2,(H,10,11). The van der Waals surface area contributed by atoms with E-state index in [1.165, 1.54) is 12.8 Å². The minimum absolute atomic E-state index is 0.0738. The van der Waals surface area contributed by atoms with Crippen LogP contribution in [0.5, 0.6) is 0 Å². The fraction of sp³-hybridized carbons (Fsp3) is 0.875. The van der Waals surface area contributed by atoms with Crippen LogP contribution in [0.1, 0.15) is 19.3 Å². The van der Waals surface area contributed by atoms with Gasteiger partial charge in [-0.25, -0.2) is 0 Å². The predicted molar refractivity (Wildman–Crippen MR) is 40.3 cm³/mol. The van der Waals surface area contributed by atoms with Crippen molar-refractivity contribution in [2.45, 2.75) is 25.3 Å². The van der Waals surface area contributed by atoms with Crippen molar-refractivity contribution >= 4 is 5.97 Å². The van der Waals surface area contributed by atoms with Gasteiger partial charge in [-0.1, -0.05) is 6.42 Å². The zero-order valence-corrected chi connectivity index (χ0v) is 6.42. The first-order valence-corrected chi connectivity index (χ1v) is 4.27. The molecule has 0 aromatic carbocycles. The number of hydrogen-bond acceptors (Lipinski definition) is 2. The zero-order chi connectivity index (χ0) is 7.84. The van der Waals surface area contributed by atoms with E-state index in [1.807, 2.05) is 0 Å². The minimum atomic E-state index is -0.616. The monoisotopic (exact) mass is 155 g/mol. The summed E-state index contributed by atoms with van der Waals surface area (Å²) in [6.45, 7) is 1.00. The van der Waals surface area contributed by atoms with Gasteiger partial charge in [-0.2, -0.15) is 0 Å². The third-order valence-electron chi connectivity index (χ3n) is 2.80. The van der Waals surface area contributed by atoms with E-state index in [-0.39, 0.29) is 5.92 Å². The first kappa shape index (κ1) is 7.10. The van der Waals surface area contributed by atoms with Gasteiger partial charge in [-0.15, -0.1) is 0 Å². The molecule has 0 amide bonds. The van der Waals surface area contributed by atoms with Gasteiger partial charge in [0.05, 0.1) is 5.92 Å². The maximum atomic E-state index is 10.6. The van der Waals surface area contributed by atoms with Crippen molar-refractivity contribution in [3.05, 3.63) is 0 Å². The van der Waals surface area contributed by atoms with Gasteiger partial charge in [0.25, 0.3) is 0 Å². The topological polar surface area (TPSA) is 49.3 Å². The Morgan fingerprint density at radius 1 is 1.45 bits per heavy atom. The Morgan fingerprint density at radius 2 is 2.27 bits per heavy atom. The lowest BCUT2D eigenvalue weighted by Crippen LogP contribution is -2.21. The molecule has 2 N–H and O–H groups in total. The molecule has 0 aromatic rings. The predicted octanol–water partition coefficient (Wildman–Crippen LogP) is 0.459. The van der Waals surface area contributed by atoms with Gasteiger partial charge < -0.3 is 10.4 Å². The van der Waals surface area contributed by atoms with E-state index in [9.17, 15) is 4.79 Å². The molecular formula is C8H13NO2. The highest BCUT2D eigenvalue weighted by Crippen LogP contribution is 2.44. The molecule has 2 aliphatic rings. The first-order chi connectivity index (χ1) is 5.30. The van der Waals surface area contributed by atoms with E-state index in [2.05, 4.69) is 5.32 Å². The van der Waals surface area contributed by atoms with Gasteiger partial charge in [0.2, 0.25) is 0 Å². The van der Waals surface area contributed by atoms with Crippen molar-refractivity contribution in [1.29, 1.82) is 0 Å². The Balaban J connectivity index is 1.96. The lowest BCUT2D eigenvalue weighted by Gasteiger charge is -1.98. The Labute approximate surface area is 65.8 Å². The Bertz CT molecular complexity index is 169. The Kier molecular flexibility index (Phi) is 1.60. The molecule has 1 heterocycles. The van der Waals surface area contributed by atoms with Crippen molar-refractivity contribution in [2.24, 2.45) is 11.8 Å². The van der Waals surface area contributed by atoms with Crippen LogP contribution in [0, 0.1) is 11.8 Å². The number of carbonyl (C=O) groups is 1. The van der Waals surface area contributed by atoms with E-state index >= 15 is 0 Å². The molecule has 2 rings (SSSR count). The van der Waals surface area contributed by atoms with Crippen molar-refractivity contribution in [3.8, 4) is 0 Å². The summed E-state index contributed by atoms with van der Waals surface area (Å²) in [5.41, 5.74) is 0. The molecule has 0 aromatic heterocycles. The second-order valence-electron chi connectivity index (χ2n) is 3.50. The van der Waals surface area contributed by atoms with Crippen LogP contribution in [-0.4, -0.2) is 23.7 Å². The Hall–Kier alpha value is -0.570. The Morgan fingerprint density at radius 3 is 3.00 bits per heavy atom. The maximum Gasteiger partial charge on any atom is 0.308 e. The van der Waals surface area contributed by atoms with Crippen LogP contribution in [0.3, 0.4) is 0 Å². The van der Waals surface area contributed by atoms with Crippen molar-refractivity contribution in [2.75, 3.05) is 6.54 Å². The summed E-state index contributed by atoms with van der Waals surface area (Å²) >= 11 is 0. The number of aliphatic carboxylic acids is 1. The highest BCUT2D eigenvalue weighted by atomic mass is 16.4. The first-order valence-electron chi connectivity index (χ1n) is 4.27. The summed E-state index contributed by atoms with van der Waals surface area (Å²) in [6.07, 6.45) is 3.51. The molecule has 0 spiro atoms. The lowest BCUT2D eigenvalue weighted by molar-refractivity contribution is -0.139. The third-order valence-corrected chi connectivity index (χ3v) is 2.80. The molecule has 1 aliphatic heterocycles. The van der Waals surface area contributed by atoms with Crippen molar-refractivity contribution in [1.82, 2.24) is 5.32 Å². The molecule has 2 fully saturated rings. The molecule has 3 heteroatoms. The summed E-state index contributed by atoms with van der Waals surface area (Å²) in [7, 11) is 0. The summed E-state index contributed by atoms with van der Waals surface area (Å²) in [5.74, 6) is -0.250. The fourth-order valence-electron chi connectivity index (χ4n) is 2.12. The number of carboxylic acids is 1. The molecule has 0 bridgehead atoms. The van der Waals surface area contributed by atoms with Crippen LogP contribution in [0.4, 0.5) is 0 Å². The van der Waals surface area contributed by atoms with Crippen LogP contribution in [0.2, 0.25) is 0 Å². The van der Waals surface area contributed by atoms with Crippen molar-refractivity contribution < 1.29 is 9.90 Å². The average Bonchev–Trinajstić information content (AvgIpc) is 2.57. The van der Waals surface area contributed by atoms with Crippen LogP contribution in [-0.2, 0) is 4.79 Å². The van der Waals surface area contributed by atoms with E-state index in [4.69, 9.17) is 5.11 Å². The average molecular weight is 155 g/mol. The summed E-state index contributed by atoms with van der Waals surface area (Å²) in [5, 5.41) is 12.0. The minimum Gasteiger partial charge on any atom is -0.481 e. The molecule has 0 radical (unpaired) electrons. The molecular weight excluding hydrogens is 142 g/mol. The highest BCUT2D eigenvalue weighted by Gasteiger charge is 2.54. The third kappa shape index (κ3) is 1.13. The zero-order valence-electron chi connectivity index (χ0n) is 6.42. The smallest absolute Gasteiger partial charge is 0.308 e. The normalized spacial score (nSPS) is 42.4. The molecule has 1 saturated heterocycles. The molecule has 62 valence electrons. The molecule has 3 atom stereocenters. The van der Waals surface area contributed by atoms with E-state index in [1.54, 1.807) is 0 Å². The van der Waals surface area contributed by atoms with Crippen LogP contribution in [0.15, 0.2) is 0 Å². The molecule has 3 unspecified atom stereocenters. The second kappa shape index (κ2) is 2.48. The summed E-state index contributed by atoms with van der Waals surface area (Å²) in [6, 6.07) is 0.301. The molecule has 1 aliphatic carbocycles. The number of carboxylic acid groups (broad SMARTS) is 1.